The highest BCUT2D eigenvalue weighted by atomic mass is 16.5. The number of ether oxygens (including phenoxy) is 2. The molecule has 0 aliphatic heterocycles. The van der Waals surface area contributed by atoms with Crippen LogP contribution in [0.15, 0.2) is 47.3 Å². The monoisotopic (exact) mass is 270 g/mol. The number of H-pyrrole nitrogens is 1. The molecule has 20 heavy (non-hydrogen) atoms. The Morgan fingerprint density at radius 3 is 2.40 bits per heavy atom. The number of aromatic nitrogens is 2. The second-order valence-corrected chi connectivity index (χ2v) is 4.31. The molecule has 0 fully saturated rings. The fraction of sp³-hybridized carbons (Fsp3) is 0.133. The van der Waals surface area contributed by atoms with Crippen LogP contribution in [-0.4, -0.2) is 24.0 Å². The first-order valence-electron chi connectivity index (χ1n) is 6.17. The number of methoxy groups -OCH3 is 2. The van der Waals surface area contributed by atoms with Crippen LogP contribution in [0.4, 0.5) is 0 Å². The van der Waals surface area contributed by atoms with Gasteiger partial charge in [-0.25, -0.2) is 0 Å². The first kappa shape index (κ1) is 12.3. The van der Waals surface area contributed by atoms with E-state index in [1.807, 2.05) is 36.4 Å². The second kappa shape index (κ2) is 4.77. The van der Waals surface area contributed by atoms with Gasteiger partial charge in [0.25, 0.3) is 5.56 Å². The quantitative estimate of drug-likeness (QED) is 0.794. The van der Waals surface area contributed by atoms with Crippen LogP contribution in [0, 0.1) is 0 Å². The molecule has 5 nitrogen and oxygen atoms in total. The van der Waals surface area contributed by atoms with E-state index in [2.05, 4.69) is 5.10 Å². The van der Waals surface area contributed by atoms with Gasteiger partial charge >= 0.3 is 0 Å². The van der Waals surface area contributed by atoms with Crippen molar-refractivity contribution in [1.29, 1.82) is 0 Å². The highest BCUT2D eigenvalue weighted by molar-refractivity contribution is 5.89. The van der Waals surface area contributed by atoms with Gasteiger partial charge in [0, 0.05) is 0 Å². The first-order chi connectivity index (χ1) is 9.76. The van der Waals surface area contributed by atoms with Crippen molar-refractivity contribution in [2.75, 3.05) is 14.2 Å². The molecule has 0 saturated carbocycles. The number of nitrogens with one attached hydrogen (secondary N) is 1. The summed E-state index contributed by atoms with van der Waals surface area (Å²) in [4.78, 5) is 12.2. The predicted octanol–water partition coefficient (Wildman–Crippen LogP) is 2.34. The van der Waals surface area contributed by atoms with Gasteiger partial charge in [0.2, 0.25) is 0 Å². The summed E-state index contributed by atoms with van der Waals surface area (Å²) in [6.07, 6.45) is 0. The van der Waals surface area contributed by atoms with E-state index in [0.29, 0.717) is 16.9 Å². The Morgan fingerprint density at radius 2 is 1.75 bits per heavy atom. The molecule has 1 heterocycles. The maximum atomic E-state index is 12.2. The van der Waals surface area contributed by atoms with Crippen molar-refractivity contribution >= 4 is 10.9 Å². The van der Waals surface area contributed by atoms with Crippen LogP contribution in [0.1, 0.15) is 0 Å². The molecule has 102 valence electrons. The Kier molecular flexibility index (Phi) is 2.95. The summed E-state index contributed by atoms with van der Waals surface area (Å²) in [6, 6.07) is 13.2. The molecule has 0 radical (unpaired) electrons. The summed E-state index contributed by atoms with van der Waals surface area (Å²) in [5.41, 5.74) is 1.42. The van der Waals surface area contributed by atoms with Crippen LogP contribution in [0.5, 0.6) is 11.5 Å². The SMILES string of the molecule is COc1ccc2c(c1OC)c(=O)[nH]n2-c1ccccc1. The van der Waals surface area contributed by atoms with Crippen molar-refractivity contribution in [3.8, 4) is 17.2 Å². The molecule has 1 aromatic heterocycles. The average Bonchev–Trinajstić information content (AvgIpc) is 2.84. The molecule has 3 aromatic rings. The maximum Gasteiger partial charge on any atom is 0.276 e. The predicted molar refractivity (Wildman–Crippen MR) is 77.0 cm³/mol. The smallest absolute Gasteiger partial charge is 0.276 e. The number of hydrogen-bond acceptors (Lipinski definition) is 3. The van der Waals surface area contributed by atoms with Crippen LogP contribution in [0.3, 0.4) is 0 Å². The zero-order valence-electron chi connectivity index (χ0n) is 11.2. The molecule has 3 rings (SSSR count). The molecule has 2 aromatic carbocycles. The van der Waals surface area contributed by atoms with Gasteiger partial charge in [-0.05, 0) is 24.3 Å². The molecule has 0 aliphatic rings. The normalized spacial score (nSPS) is 10.7. The number of benzene rings is 2. The van der Waals surface area contributed by atoms with Crippen molar-refractivity contribution in [2.45, 2.75) is 0 Å². The van der Waals surface area contributed by atoms with Gasteiger partial charge in [0.05, 0.1) is 25.4 Å². The van der Waals surface area contributed by atoms with E-state index in [-0.39, 0.29) is 5.56 Å². The lowest BCUT2D eigenvalue weighted by molar-refractivity contribution is 0.358. The number of para-hydroxylation sites is 1. The molecule has 0 aliphatic carbocycles. The Hall–Kier alpha value is -2.69. The molecule has 0 amide bonds. The zero-order chi connectivity index (χ0) is 14.1. The van der Waals surface area contributed by atoms with Crippen molar-refractivity contribution in [2.24, 2.45) is 0 Å². The van der Waals surface area contributed by atoms with E-state index in [9.17, 15) is 4.79 Å². The van der Waals surface area contributed by atoms with Crippen molar-refractivity contribution in [3.63, 3.8) is 0 Å². The fourth-order valence-electron chi connectivity index (χ4n) is 2.32. The lowest BCUT2D eigenvalue weighted by Crippen LogP contribution is -2.04. The van der Waals surface area contributed by atoms with Crippen molar-refractivity contribution in [1.82, 2.24) is 9.78 Å². The average molecular weight is 270 g/mol. The Morgan fingerprint density at radius 1 is 1.00 bits per heavy atom. The van der Waals surface area contributed by atoms with Crippen LogP contribution in [0.2, 0.25) is 0 Å². The summed E-state index contributed by atoms with van der Waals surface area (Å²) < 4.78 is 12.3. The lowest BCUT2D eigenvalue weighted by atomic mass is 10.2. The minimum atomic E-state index is -0.209. The highest BCUT2D eigenvalue weighted by Gasteiger charge is 2.16. The molecule has 0 atom stereocenters. The number of nitrogens with zero attached hydrogens (tertiary/aromatic N) is 1. The Bertz CT molecular complexity index is 803. The summed E-state index contributed by atoms with van der Waals surface area (Å²) in [6.45, 7) is 0. The number of fused-ring (bicyclic) bond motifs is 1. The standard InChI is InChI=1S/C15H14N2O3/c1-19-12-9-8-11-13(14(12)20-2)15(18)16-17(11)10-6-4-3-5-7-10/h3-9H,1-2H3,(H,16,18). The molecular weight excluding hydrogens is 256 g/mol. The van der Waals surface area contributed by atoms with Gasteiger partial charge in [-0.2, -0.15) is 0 Å². The third-order valence-electron chi connectivity index (χ3n) is 3.22. The Balaban J connectivity index is 2.36. The van der Waals surface area contributed by atoms with Crippen LogP contribution in [0.25, 0.3) is 16.6 Å². The van der Waals surface area contributed by atoms with Gasteiger partial charge in [0.15, 0.2) is 11.5 Å². The molecule has 0 bridgehead atoms. The fourth-order valence-corrected chi connectivity index (χ4v) is 2.32. The highest BCUT2D eigenvalue weighted by Crippen LogP contribution is 2.33. The van der Waals surface area contributed by atoms with E-state index in [0.717, 1.165) is 11.2 Å². The van der Waals surface area contributed by atoms with Crippen LogP contribution >= 0.6 is 0 Å². The molecule has 0 spiro atoms. The van der Waals surface area contributed by atoms with E-state index in [1.54, 1.807) is 17.9 Å². The van der Waals surface area contributed by atoms with Gasteiger partial charge < -0.3 is 9.47 Å². The van der Waals surface area contributed by atoms with Crippen molar-refractivity contribution in [3.05, 3.63) is 52.8 Å². The first-order valence-corrected chi connectivity index (χ1v) is 6.17. The summed E-state index contributed by atoms with van der Waals surface area (Å²) in [7, 11) is 3.07. The van der Waals surface area contributed by atoms with E-state index in [1.165, 1.54) is 7.11 Å². The molecule has 0 saturated heterocycles. The van der Waals surface area contributed by atoms with Crippen molar-refractivity contribution < 1.29 is 9.47 Å². The largest absolute Gasteiger partial charge is 0.493 e. The summed E-state index contributed by atoms with van der Waals surface area (Å²) in [5.74, 6) is 0.984. The maximum absolute atomic E-state index is 12.2. The minimum absolute atomic E-state index is 0.209. The van der Waals surface area contributed by atoms with Gasteiger partial charge in [-0.1, -0.05) is 18.2 Å². The van der Waals surface area contributed by atoms with E-state index >= 15 is 0 Å². The van der Waals surface area contributed by atoms with E-state index in [4.69, 9.17) is 9.47 Å². The second-order valence-electron chi connectivity index (χ2n) is 4.31. The lowest BCUT2D eigenvalue weighted by Gasteiger charge is -2.09. The third-order valence-corrected chi connectivity index (χ3v) is 3.22. The minimum Gasteiger partial charge on any atom is -0.493 e. The molecule has 5 heteroatoms. The number of aromatic amines is 1. The van der Waals surface area contributed by atoms with Gasteiger partial charge in [-0.3, -0.25) is 14.6 Å². The summed E-state index contributed by atoms with van der Waals surface area (Å²) in [5, 5.41) is 3.30. The molecular formula is C15H14N2O3. The topological polar surface area (TPSA) is 56.2 Å². The number of rotatable bonds is 3. The number of hydrogen-bond donors (Lipinski definition) is 1. The van der Waals surface area contributed by atoms with Gasteiger partial charge in [0.1, 0.15) is 5.39 Å². The zero-order valence-corrected chi connectivity index (χ0v) is 11.2. The molecule has 1 N–H and O–H groups in total. The van der Waals surface area contributed by atoms with Gasteiger partial charge in [-0.15, -0.1) is 0 Å². The molecule has 0 unspecified atom stereocenters. The van der Waals surface area contributed by atoms with Crippen LogP contribution in [-0.2, 0) is 0 Å². The van der Waals surface area contributed by atoms with Crippen LogP contribution < -0.4 is 15.0 Å². The Labute approximate surface area is 115 Å². The van der Waals surface area contributed by atoms with E-state index < -0.39 is 0 Å². The third kappa shape index (κ3) is 1.75. The summed E-state index contributed by atoms with van der Waals surface area (Å²) >= 11 is 0.